The van der Waals surface area contributed by atoms with Crippen molar-refractivity contribution in [1.29, 1.82) is 0 Å². The summed E-state index contributed by atoms with van der Waals surface area (Å²) in [6.07, 6.45) is 4.24. The molecule has 1 saturated heterocycles. The summed E-state index contributed by atoms with van der Waals surface area (Å²) in [6.45, 7) is 0.426. The molecule has 2 atom stereocenters. The largest absolute Gasteiger partial charge is 0.497 e. The van der Waals surface area contributed by atoms with Gasteiger partial charge in [0.1, 0.15) is 5.75 Å². The lowest BCUT2D eigenvalue weighted by Gasteiger charge is -2.41. The summed E-state index contributed by atoms with van der Waals surface area (Å²) in [6, 6.07) is 20.5. The van der Waals surface area contributed by atoms with Crippen LogP contribution in [0.4, 0.5) is 5.69 Å². The van der Waals surface area contributed by atoms with Gasteiger partial charge >= 0.3 is 0 Å². The molecular weight excluding hydrogens is 390 g/mol. The second-order valence-corrected chi connectivity index (χ2v) is 7.54. The second kappa shape index (κ2) is 9.43. The first-order valence-corrected chi connectivity index (χ1v) is 10.3. The maximum absolute atomic E-state index is 13.3. The van der Waals surface area contributed by atoms with Gasteiger partial charge in [0.15, 0.2) is 0 Å². The number of hydrogen-bond donors (Lipinski definition) is 1. The number of hydrogen-bond acceptors (Lipinski definition) is 4. The number of amides is 2. The first-order chi connectivity index (χ1) is 15.2. The number of piperidine rings is 1. The number of carbonyl (C=O) groups excluding carboxylic acids is 2. The predicted octanol–water partition coefficient (Wildman–Crippen LogP) is 3.89. The number of ether oxygens (including phenoxy) is 1. The van der Waals surface area contributed by atoms with E-state index in [-0.39, 0.29) is 23.8 Å². The molecule has 3 aromatic rings. The van der Waals surface area contributed by atoms with Gasteiger partial charge in [0.05, 0.1) is 19.1 Å². The van der Waals surface area contributed by atoms with E-state index in [0.29, 0.717) is 19.4 Å². The monoisotopic (exact) mass is 415 g/mol. The topological polar surface area (TPSA) is 71.5 Å². The molecule has 1 aliphatic rings. The smallest absolute Gasteiger partial charge is 0.227 e. The SMILES string of the molecule is COc1ccc(N2C(=O)CC[C@H](C(=O)NCc3ccncc3)[C@@H]2c2ccccc2)cc1. The Kier molecular flexibility index (Phi) is 6.26. The van der Waals surface area contributed by atoms with Gasteiger partial charge < -0.3 is 15.0 Å². The summed E-state index contributed by atoms with van der Waals surface area (Å²) >= 11 is 0. The third-order valence-corrected chi connectivity index (χ3v) is 5.64. The number of rotatable bonds is 6. The summed E-state index contributed by atoms with van der Waals surface area (Å²) in [5.74, 6) is 0.314. The van der Waals surface area contributed by atoms with E-state index in [1.165, 1.54) is 0 Å². The Hall–Kier alpha value is -3.67. The number of aromatic nitrogens is 1. The lowest BCUT2D eigenvalue weighted by molar-refractivity contribution is -0.129. The average molecular weight is 415 g/mol. The third-order valence-electron chi connectivity index (χ3n) is 5.64. The number of carbonyl (C=O) groups is 2. The van der Waals surface area contributed by atoms with E-state index < -0.39 is 0 Å². The van der Waals surface area contributed by atoms with Gasteiger partial charge in [0.25, 0.3) is 0 Å². The fourth-order valence-corrected chi connectivity index (χ4v) is 4.07. The number of pyridine rings is 1. The van der Waals surface area contributed by atoms with E-state index >= 15 is 0 Å². The number of anilines is 1. The summed E-state index contributed by atoms with van der Waals surface area (Å²) in [5, 5.41) is 3.05. The van der Waals surface area contributed by atoms with E-state index in [0.717, 1.165) is 22.6 Å². The first kappa shape index (κ1) is 20.6. The molecule has 0 aliphatic carbocycles. The van der Waals surface area contributed by atoms with Crippen LogP contribution in [0.2, 0.25) is 0 Å². The van der Waals surface area contributed by atoms with Crippen molar-refractivity contribution < 1.29 is 14.3 Å². The Bertz CT molecular complexity index is 1020. The van der Waals surface area contributed by atoms with Gasteiger partial charge in [-0.25, -0.2) is 0 Å². The van der Waals surface area contributed by atoms with Crippen LogP contribution in [0.25, 0.3) is 0 Å². The molecule has 1 N–H and O–H groups in total. The maximum Gasteiger partial charge on any atom is 0.227 e. The van der Waals surface area contributed by atoms with Gasteiger partial charge in [-0.1, -0.05) is 30.3 Å². The standard InChI is InChI=1S/C25H25N3O3/c1-31-21-9-7-20(8-10-21)28-23(29)12-11-22(24(28)19-5-3-2-4-6-19)25(30)27-17-18-13-15-26-16-14-18/h2-10,13-16,22,24H,11-12,17H2,1H3,(H,27,30)/t22-,24-/m0/s1. The summed E-state index contributed by atoms with van der Waals surface area (Å²) in [4.78, 5) is 32.1. The average Bonchev–Trinajstić information content (AvgIpc) is 2.83. The number of nitrogens with zero attached hydrogens (tertiary/aromatic N) is 2. The molecule has 2 amide bonds. The predicted molar refractivity (Wildman–Crippen MR) is 118 cm³/mol. The molecule has 1 fully saturated rings. The zero-order valence-electron chi connectivity index (χ0n) is 17.4. The molecule has 0 bridgehead atoms. The molecule has 4 rings (SSSR count). The fourth-order valence-electron chi connectivity index (χ4n) is 4.07. The molecule has 0 spiro atoms. The molecule has 2 heterocycles. The first-order valence-electron chi connectivity index (χ1n) is 10.3. The van der Waals surface area contributed by atoms with Gasteiger partial charge in [-0.05, 0) is 53.9 Å². The molecule has 0 radical (unpaired) electrons. The molecule has 2 aromatic carbocycles. The minimum absolute atomic E-state index is 0.0113. The highest BCUT2D eigenvalue weighted by Gasteiger charge is 2.41. The Morgan fingerprint density at radius 2 is 1.77 bits per heavy atom. The number of methoxy groups -OCH3 is 1. The highest BCUT2D eigenvalue weighted by atomic mass is 16.5. The Morgan fingerprint density at radius 1 is 1.06 bits per heavy atom. The Labute approximate surface area is 181 Å². The van der Waals surface area contributed by atoms with Gasteiger partial charge in [-0.2, -0.15) is 0 Å². The normalized spacial score (nSPS) is 18.5. The quantitative estimate of drug-likeness (QED) is 0.663. The minimum atomic E-state index is -0.381. The van der Waals surface area contributed by atoms with Crippen LogP contribution in [0, 0.1) is 5.92 Å². The molecule has 1 aromatic heterocycles. The van der Waals surface area contributed by atoms with Gasteiger partial charge in [-0.3, -0.25) is 14.6 Å². The number of nitrogens with one attached hydrogen (secondary N) is 1. The number of benzene rings is 2. The summed E-state index contributed by atoms with van der Waals surface area (Å²) in [5.41, 5.74) is 2.68. The van der Waals surface area contributed by atoms with Crippen LogP contribution in [0.3, 0.4) is 0 Å². The van der Waals surface area contributed by atoms with Crippen molar-refractivity contribution in [2.75, 3.05) is 12.0 Å². The van der Waals surface area contributed by atoms with E-state index in [1.807, 2.05) is 66.7 Å². The Balaban J connectivity index is 1.65. The molecule has 6 nitrogen and oxygen atoms in total. The summed E-state index contributed by atoms with van der Waals surface area (Å²) in [7, 11) is 1.61. The van der Waals surface area contributed by atoms with Crippen molar-refractivity contribution in [1.82, 2.24) is 10.3 Å². The van der Waals surface area contributed by atoms with Crippen molar-refractivity contribution in [3.8, 4) is 5.75 Å². The van der Waals surface area contributed by atoms with Gasteiger partial charge in [0.2, 0.25) is 11.8 Å². The van der Waals surface area contributed by atoms with Crippen molar-refractivity contribution in [2.45, 2.75) is 25.4 Å². The third kappa shape index (κ3) is 4.58. The van der Waals surface area contributed by atoms with Crippen LogP contribution in [0.1, 0.15) is 30.0 Å². The molecule has 0 saturated carbocycles. The van der Waals surface area contributed by atoms with Crippen LogP contribution in [0.15, 0.2) is 79.1 Å². The van der Waals surface area contributed by atoms with E-state index in [9.17, 15) is 9.59 Å². The highest BCUT2D eigenvalue weighted by Crippen LogP contribution is 2.40. The van der Waals surface area contributed by atoms with Crippen LogP contribution in [0.5, 0.6) is 5.75 Å². The van der Waals surface area contributed by atoms with E-state index in [1.54, 1.807) is 24.4 Å². The van der Waals surface area contributed by atoms with Gasteiger partial charge in [-0.15, -0.1) is 0 Å². The fraction of sp³-hybridized carbons (Fsp3) is 0.240. The minimum Gasteiger partial charge on any atom is -0.497 e. The Morgan fingerprint density at radius 3 is 2.45 bits per heavy atom. The lowest BCUT2D eigenvalue weighted by Crippen LogP contribution is -2.48. The molecular formula is C25H25N3O3. The molecule has 31 heavy (non-hydrogen) atoms. The molecule has 1 aliphatic heterocycles. The molecule has 0 unspecified atom stereocenters. The van der Waals surface area contributed by atoms with Crippen LogP contribution >= 0.6 is 0 Å². The van der Waals surface area contributed by atoms with E-state index in [4.69, 9.17) is 4.74 Å². The van der Waals surface area contributed by atoms with Crippen LogP contribution in [-0.4, -0.2) is 23.9 Å². The second-order valence-electron chi connectivity index (χ2n) is 7.54. The van der Waals surface area contributed by atoms with Crippen molar-refractivity contribution >= 4 is 17.5 Å². The maximum atomic E-state index is 13.3. The van der Waals surface area contributed by atoms with E-state index in [2.05, 4.69) is 10.3 Å². The zero-order chi connectivity index (χ0) is 21.6. The highest BCUT2D eigenvalue weighted by molar-refractivity contribution is 5.97. The van der Waals surface area contributed by atoms with Crippen molar-refractivity contribution in [2.24, 2.45) is 5.92 Å². The van der Waals surface area contributed by atoms with Crippen molar-refractivity contribution in [3.05, 3.63) is 90.3 Å². The van der Waals surface area contributed by atoms with Gasteiger partial charge in [0, 0.05) is 31.0 Å². The summed E-state index contributed by atoms with van der Waals surface area (Å²) < 4.78 is 5.26. The van der Waals surface area contributed by atoms with Crippen LogP contribution in [-0.2, 0) is 16.1 Å². The lowest BCUT2D eigenvalue weighted by atomic mass is 9.83. The van der Waals surface area contributed by atoms with Crippen molar-refractivity contribution in [3.63, 3.8) is 0 Å². The molecule has 158 valence electrons. The zero-order valence-corrected chi connectivity index (χ0v) is 17.4. The molecule has 6 heteroatoms. The van der Waals surface area contributed by atoms with Crippen LogP contribution < -0.4 is 15.0 Å².